The maximum atomic E-state index is 10.2. The van der Waals surface area contributed by atoms with Crippen molar-refractivity contribution in [3.8, 4) is 0 Å². The molecule has 1 aliphatic carbocycles. The zero-order chi connectivity index (χ0) is 8.70. The van der Waals surface area contributed by atoms with Gasteiger partial charge in [0.1, 0.15) is 0 Å². The lowest BCUT2D eigenvalue weighted by Crippen LogP contribution is -2.28. The molecule has 1 rings (SSSR count). The van der Waals surface area contributed by atoms with Crippen molar-refractivity contribution in [2.24, 2.45) is 16.3 Å². The maximum Gasteiger partial charge on any atom is 0.235 e. The highest BCUT2D eigenvalue weighted by Crippen LogP contribution is 2.57. The molecule has 0 spiro atoms. The second-order valence-electron chi connectivity index (χ2n) is 4.48. The summed E-state index contributed by atoms with van der Waals surface area (Å²) in [4.78, 5) is 14.1. The van der Waals surface area contributed by atoms with Gasteiger partial charge in [-0.2, -0.15) is 4.99 Å². The number of hydrogen-bond donors (Lipinski definition) is 0. The van der Waals surface area contributed by atoms with Gasteiger partial charge in [0.15, 0.2) is 0 Å². The van der Waals surface area contributed by atoms with E-state index in [4.69, 9.17) is 0 Å². The zero-order valence-electron chi connectivity index (χ0n) is 7.64. The van der Waals surface area contributed by atoms with Crippen LogP contribution in [0.2, 0.25) is 0 Å². The van der Waals surface area contributed by atoms with Gasteiger partial charge in [0, 0.05) is 0 Å². The van der Waals surface area contributed by atoms with E-state index in [0.717, 1.165) is 6.42 Å². The SMILES string of the molecule is CC1CC1(N=C=O)C(C)(C)C. The molecule has 0 N–H and O–H groups in total. The van der Waals surface area contributed by atoms with Gasteiger partial charge in [-0.1, -0.05) is 27.7 Å². The Morgan fingerprint density at radius 3 is 2.09 bits per heavy atom. The first kappa shape index (κ1) is 8.48. The van der Waals surface area contributed by atoms with Gasteiger partial charge in [0.25, 0.3) is 0 Å². The molecule has 2 unspecified atom stereocenters. The molecule has 0 saturated heterocycles. The van der Waals surface area contributed by atoms with Crippen LogP contribution in [0.15, 0.2) is 4.99 Å². The molecule has 0 radical (unpaired) electrons. The van der Waals surface area contributed by atoms with Crippen molar-refractivity contribution in [1.29, 1.82) is 0 Å². The fraction of sp³-hybridized carbons (Fsp3) is 0.889. The normalized spacial score (nSPS) is 36.2. The lowest BCUT2D eigenvalue weighted by atomic mass is 9.83. The van der Waals surface area contributed by atoms with Crippen molar-refractivity contribution in [2.75, 3.05) is 0 Å². The summed E-state index contributed by atoms with van der Waals surface area (Å²) >= 11 is 0. The topological polar surface area (TPSA) is 29.4 Å². The first-order valence-corrected chi connectivity index (χ1v) is 4.03. The minimum absolute atomic E-state index is 0.101. The van der Waals surface area contributed by atoms with E-state index in [1.807, 2.05) is 0 Å². The standard InChI is InChI=1S/C9H15NO/c1-7-5-9(7,10-6-11)8(2,3)4/h7H,5H2,1-4H3. The molecule has 1 saturated carbocycles. The summed E-state index contributed by atoms with van der Waals surface area (Å²) in [5, 5.41) is 0. The molecule has 62 valence electrons. The van der Waals surface area contributed by atoms with E-state index < -0.39 is 0 Å². The lowest BCUT2D eigenvalue weighted by Gasteiger charge is -2.26. The Bertz CT molecular complexity index is 210. The summed E-state index contributed by atoms with van der Waals surface area (Å²) in [6.45, 7) is 8.50. The van der Waals surface area contributed by atoms with Crippen molar-refractivity contribution in [3.63, 3.8) is 0 Å². The average Bonchev–Trinajstić information content (AvgIpc) is 2.42. The molecule has 0 bridgehead atoms. The van der Waals surface area contributed by atoms with Crippen LogP contribution in [-0.4, -0.2) is 11.6 Å². The van der Waals surface area contributed by atoms with Crippen LogP contribution in [0.25, 0.3) is 0 Å². The Balaban J connectivity index is 2.88. The van der Waals surface area contributed by atoms with E-state index in [9.17, 15) is 4.79 Å². The molecule has 0 aromatic heterocycles. The van der Waals surface area contributed by atoms with Crippen LogP contribution in [0, 0.1) is 11.3 Å². The van der Waals surface area contributed by atoms with Crippen molar-refractivity contribution in [2.45, 2.75) is 39.7 Å². The summed E-state index contributed by atoms with van der Waals surface area (Å²) < 4.78 is 0. The van der Waals surface area contributed by atoms with Gasteiger partial charge in [0.05, 0.1) is 5.54 Å². The largest absolute Gasteiger partial charge is 0.235 e. The first-order valence-electron chi connectivity index (χ1n) is 4.03. The van der Waals surface area contributed by atoms with Crippen LogP contribution in [-0.2, 0) is 4.79 Å². The van der Waals surface area contributed by atoms with E-state index in [0.29, 0.717) is 5.92 Å². The summed E-state index contributed by atoms with van der Waals surface area (Å²) in [5.41, 5.74) is -0.00141. The number of hydrogen-bond acceptors (Lipinski definition) is 2. The molecule has 11 heavy (non-hydrogen) atoms. The van der Waals surface area contributed by atoms with Crippen LogP contribution < -0.4 is 0 Å². The lowest BCUT2D eigenvalue weighted by molar-refractivity contribution is 0.285. The van der Waals surface area contributed by atoms with Crippen LogP contribution in [0.5, 0.6) is 0 Å². The van der Waals surface area contributed by atoms with E-state index in [1.54, 1.807) is 6.08 Å². The molecule has 1 fully saturated rings. The average molecular weight is 153 g/mol. The van der Waals surface area contributed by atoms with Gasteiger partial charge in [-0.3, -0.25) is 0 Å². The van der Waals surface area contributed by atoms with E-state index in [1.165, 1.54) is 0 Å². The highest BCUT2D eigenvalue weighted by atomic mass is 16.1. The molecule has 0 aliphatic heterocycles. The number of isocyanates is 1. The van der Waals surface area contributed by atoms with Gasteiger partial charge in [-0.05, 0) is 17.8 Å². The Morgan fingerprint density at radius 1 is 1.55 bits per heavy atom. The highest BCUT2D eigenvalue weighted by Gasteiger charge is 2.59. The summed E-state index contributed by atoms with van der Waals surface area (Å²) in [6.07, 6.45) is 2.72. The Kier molecular flexibility index (Phi) is 1.68. The predicted molar refractivity (Wildman–Crippen MR) is 44.1 cm³/mol. The molecular formula is C9H15NO. The summed E-state index contributed by atoms with van der Waals surface area (Å²) in [5.74, 6) is 0.545. The first-order chi connectivity index (χ1) is 4.94. The Hall–Kier alpha value is -0.620. The molecule has 0 aromatic rings. The van der Waals surface area contributed by atoms with Gasteiger partial charge >= 0.3 is 0 Å². The molecule has 0 amide bonds. The minimum Gasteiger partial charge on any atom is -0.211 e. The predicted octanol–water partition coefficient (Wildman–Crippen LogP) is 2.15. The molecule has 1 aliphatic rings. The van der Waals surface area contributed by atoms with E-state index >= 15 is 0 Å². The van der Waals surface area contributed by atoms with E-state index in [2.05, 4.69) is 32.7 Å². The number of nitrogens with zero attached hydrogens (tertiary/aromatic N) is 1. The third kappa shape index (κ3) is 1.12. The number of rotatable bonds is 1. The molecule has 2 atom stereocenters. The van der Waals surface area contributed by atoms with Gasteiger partial charge in [-0.15, -0.1) is 0 Å². The van der Waals surface area contributed by atoms with E-state index in [-0.39, 0.29) is 11.0 Å². The number of carbonyl (C=O) groups excluding carboxylic acids is 1. The third-order valence-corrected chi connectivity index (χ3v) is 2.82. The van der Waals surface area contributed by atoms with Crippen LogP contribution in [0.1, 0.15) is 34.1 Å². The fourth-order valence-corrected chi connectivity index (χ4v) is 1.86. The molecule has 2 nitrogen and oxygen atoms in total. The van der Waals surface area contributed by atoms with Crippen molar-refractivity contribution in [3.05, 3.63) is 0 Å². The quantitative estimate of drug-likeness (QED) is 0.419. The Morgan fingerprint density at radius 2 is 2.00 bits per heavy atom. The van der Waals surface area contributed by atoms with Gasteiger partial charge in [0.2, 0.25) is 6.08 Å². The third-order valence-electron chi connectivity index (χ3n) is 2.82. The molecular weight excluding hydrogens is 138 g/mol. The smallest absolute Gasteiger partial charge is 0.211 e. The van der Waals surface area contributed by atoms with Crippen LogP contribution in [0.3, 0.4) is 0 Å². The zero-order valence-corrected chi connectivity index (χ0v) is 7.64. The van der Waals surface area contributed by atoms with Gasteiger partial charge < -0.3 is 0 Å². The van der Waals surface area contributed by atoms with Gasteiger partial charge in [-0.25, -0.2) is 4.79 Å². The van der Waals surface area contributed by atoms with Crippen LogP contribution >= 0.6 is 0 Å². The maximum absolute atomic E-state index is 10.2. The second kappa shape index (κ2) is 2.18. The van der Waals surface area contributed by atoms with Crippen molar-refractivity contribution in [1.82, 2.24) is 0 Å². The number of aliphatic imine (C=N–C) groups is 1. The Labute approximate surface area is 67.7 Å². The highest BCUT2D eigenvalue weighted by molar-refractivity contribution is 5.38. The molecule has 0 heterocycles. The second-order valence-corrected chi connectivity index (χ2v) is 4.48. The van der Waals surface area contributed by atoms with Crippen LogP contribution in [0.4, 0.5) is 0 Å². The minimum atomic E-state index is -0.102. The van der Waals surface area contributed by atoms with Crippen molar-refractivity contribution >= 4 is 6.08 Å². The monoisotopic (exact) mass is 153 g/mol. The molecule has 0 aromatic carbocycles. The van der Waals surface area contributed by atoms with Crippen molar-refractivity contribution < 1.29 is 4.79 Å². The summed E-state index contributed by atoms with van der Waals surface area (Å²) in [6, 6.07) is 0. The summed E-state index contributed by atoms with van der Waals surface area (Å²) in [7, 11) is 0. The fourth-order valence-electron chi connectivity index (χ4n) is 1.86. The molecule has 2 heteroatoms.